The number of benzene rings is 2. The number of aromatic nitrogens is 2. The van der Waals surface area contributed by atoms with E-state index >= 15 is 0 Å². The van der Waals surface area contributed by atoms with Gasteiger partial charge in [-0.2, -0.15) is 0 Å². The number of imidazole rings is 1. The molecule has 2 heterocycles. The van der Waals surface area contributed by atoms with E-state index < -0.39 is 6.10 Å². The smallest absolute Gasteiger partial charge is 0.203 e. The molecule has 1 saturated heterocycles. The highest BCUT2D eigenvalue weighted by Crippen LogP contribution is 2.21. The fraction of sp³-hybridized carbons (Fsp3) is 0.409. The maximum Gasteiger partial charge on any atom is 0.203 e. The number of halogens is 2. The van der Waals surface area contributed by atoms with Gasteiger partial charge >= 0.3 is 0 Å². The average Bonchev–Trinajstić information content (AvgIpc) is 2.98. The molecule has 0 bridgehead atoms. The van der Waals surface area contributed by atoms with Crippen LogP contribution in [0.15, 0.2) is 53.0 Å². The maximum atomic E-state index is 10.8. The van der Waals surface area contributed by atoms with Crippen LogP contribution in [0, 0.1) is 5.41 Å². The highest BCUT2D eigenvalue weighted by molar-refractivity contribution is 9.10. The van der Waals surface area contributed by atoms with Crippen molar-refractivity contribution in [2.75, 3.05) is 19.6 Å². The summed E-state index contributed by atoms with van der Waals surface area (Å²) >= 11 is 3.47. The lowest BCUT2D eigenvalue weighted by molar-refractivity contribution is -0.00000761. The molecular weight excluding hydrogens is 452 g/mol. The number of rotatable bonds is 6. The fourth-order valence-corrected chi connectivity index (χ4v) is 4.54. The molecule has 0 saturated carbocycles. The number of aliphatic hydroxyl groups excluding tert-OH is 1. The first-order chi connectivity index (χ1) is 13.6. The van der Waals surface area contributed by atoms with Gasteiger partial charge in [-0.3, -0.25) is 5.41 Å². The Morgan fingerprint density at radius 2 is 1.62 bits per heavy atom. The summed E-state index contributed by atoms with van der Waals surface area (Å²) in [4.78, 5) is 2.50. The molecule has 0 spiro atoms. The zero-order valence-corrected chi connectivity index (χ0v) is 18.7. The molecule has 1 atom stereocenters. The van der Waals surface area contributed by atoms with E-state index in [0.29, 0.717) is 12.2 Å². The van der Waals surface area contributed by atoms with Crippen molar-refractivity contribution in [3.05, 3.63) is 64.2 Å². The Hall–Kier alpha value is -1.60. The molecule has 1 fully saturated rings. The molecule has 0 aliphatic carbocycles. The van der Waals surface area contributed by atoms with Crippen LogP contribution in [0.3, 0.4) is 0 Å². The van der Waals surface area contributed by atoms with Gasteiger partial charge in [0.05, 0.1) is 23.7 Å². The van der Waals surface area contributed by atoms with Gasteiger partial charge in [0.15, 0.2) is 0 Å². The third kappa shape index (κ3) is 4.94. The summed E-state index contributed by atoms with van der Waals surface area (Å²) in [5.74, 6) is 0. The van der Waals surface area contributed by atoms with Crippen LogP contribution in [-0.2, 0) is 13.1 Å². The Morgan fingerprint density at radius 1 is 0.931 bits per heavy atom. The number of nitrogens with one attached hydrogen (secondary N) is 1. The van der Waals surface area contributed by atoms with Gasteiger partial charge in [-0.15, -0.1) is 0 Å². The Morgan fingerprint density at radius 3 is 2.31 bits per heavy atom. The van der Waals surface area contributed by atoms with Crippen molar-refractivity contribution in [1.82, 2.24) is 14.0 Å². The van der Waals surface area contributed by atoms with E-state index in [1.54, 1.807) is 0 Å². The van der Waals surface area contributed by atoms with Crippen molar-refractivity contribution < 1.29 is 17.5 Å². The van der Waals surface area contributed by atoms with E-state index in [2.05, 4.69) is 31.5 Å². The van der Waals surface area contributed by atoms with Crippen molar-refractivity contribution in [3.63, 3.8) is 0 Å². The van der Waals surface area contributed by atoms with E-state index in [1.165, 1.54) is 19.3 Å². The topological polar surface area (TPSA) is 57.2 Å². The Kier molecular flexibility index (Phi) is 7.57. The molecule has 3 aromatic rings. The number of para-hydroxylation sites is 2. The van der Waals surface area contributed by atoms with Crippen molar-refractivity contribution >= 4 is 27.0 Å². The number of likely N-dealkylation sites (tertiary alicyclic amines) is 1. The number of hydrogen-bond donors (Lipinski definition) is 2. The molecule has 2 N–H and O–H groups in total. The van der Waals surface area contributed by atoms with Crippen LogP contribution in [0.5, 0.6) is 0 Å². The van der Waals surface area contributed by atoms with Crippen LogP contribution in [-0.4, -0.2) is 38.8 Å². The van der Waals surface area contributed by atoms with Crippen LogP contribution in [0.4, 0.5) is 0 Å². The van der Waals surface area contributed by atoms with Gasteiger partial charge in [0, 0.05) is 17.6 Å². The van der Waals surface area contributed by atoms with E-state index in [9.17, 15) is 5.11 Å². The lowest BCUT2D eigenvalue weighted by Crippen LogP contribution is -3.00. The van der Waals surface area contributed by atoms with E-state index in [-0.39, 0.29) is 12.4 Å². The number of hydrogen-bond acceptors (Lipinski definition) is 3. The van der Waals surface area contributed by atoms with Crippen molar-refractivity contribution in [2.45, 2.75) is 38.5 Å². The van der Waals surface area contributed by atoms with Gasteiger partial charge in [0.1, 0.15) is 0 Å². The van der Waals surface area contributed by atoms with E-state index in [1.807, 2.05) is 47.0 Å². The second-order valence-corrected chi connectivity index (χ2v) is 8.46. The minimum Gasteiger partial charge on any atom is -1.00 e. The van der Waals surface area contributed by atoms with Crippen molar-refractivity contribution in [2.24, 2.45) is 0 Å². The summed E-state index contributed by atoms with van der Waals surface area (Å²) in [6.45, 7) is 4.47. The zero-order valence-electron chi connectivity index (χ0n) is 16.4. The molecule has 5 nitrogen and oxygen atoms in total. The molecule has 156 valence electrons. The summed E-state index contributed by atoms with van der Waals surface area (Å²) in [5, 5.41) is 19.6. The highest BCUT2D eigenvalue weighted by Gasteiger charge is 2.16. The number of piperidine rings is 1. The normalized spacial score (nSPS) is 15.9. The minimum absolute atomic E-state index is 0. The fourth-order valence-electron chi connectivity index (χ4n) is 4.12. The van der Waals surface area contributed by atoms with Gasteiger partial charge in [0.2, 0.25) is 5.62 Å². The van der Waals surface area contributed by atoms with Gasteiger partial charge < -0.3 is 31.5 Å². The Balaban J connectivity index is 0.00000240. The van der Waals surface area contributed by atoms with Gasteiger partial charge in [0.25, 0.3) is 0 Å². The average molecular weight is 479 g/mol. The summed E-state index contributed by atoms with van der Waals surface area (Å²) in [6, 6.07) is 15.9. The summed E-state index contributed by atoms with van der Waals surface area (Å²) in [5.41, 5.74) is 3.37. The summed E-state index contributed by atoms with van der Waals surface area (Å²) < 4.78 is 4.96. The third-order valence-electron chi connectivity index (χ3n) is 5.65. The molecular formula is C22H27BrClN4O-. The molecule has 1 aliphatic rings. The van der Waals surface area contributed by atoms with Gasteiger partial charge in [-0.05, 0) is 55.8 Å². The molecule has 2 aromatic carbocycles. The number of fused-ring (bicyclic) bond motifs is 1. The van der Waals surface area contributed by atoms with Crippen molar-refractivity contribution in [3.8, 4) is 0 Å². The van der Waals surface area contributed by atoms with Gasteiger partial charge in [-0.1, -0.05) is 46.6 Å². The zero-order chi connectivity index (χ0) is 19.5. The first kappa shape index (κ1) is 22.1. The Labute approximate surface area is 186 Å². The largest absolute Gasteiger partial charge is 1.00 e. The van der Waals surface area contributed by atoms with Crippen LogP contribution < -0.4 is 18.0 Å². The van der Waals surface area contributed by atoms with E-state index in [4.69, 9.17) is 5.41 Å². The maximum absolute atomic E-state index is 10.8. The first-order valence-corrected chi connectivity index (χ1v) is 10.8. The lowest BCUT2D eigenvalue weighted by Gasteiger charge is -2.26. The van der Waals surface area contributed by atoms with E-state index in [0.717, 1.165) is 47.2 Å². The van der Waals surface area contributed by atoms with Gasteiger partial charge in [-0.25, -0.2) is 0 Å². The first-order valence-electron chi connectivity index (χ1n) is 10.0. The molecule has 1 unspecified atom stereocenters. The summed E-state index contributed by atoms with van der Waals surface area (Å²) in [7, 11) is 0. The predicted octanol–water partition coefficient (Wildman–Crippen LogP) is 0.908. The Bertz CT molecular complexity index is 1010. The molecule has 1 aliphatic heterocycles. The monoisotopic (exact) mass is 477 g/mol. The molecule has 1 aromatic heterocycles. The minimum atomic E-state index is -0.659. The SMILES string of the molecule is N=c1n(CCN2CCCCC2)c2ccccc2n1CC(O)c1cccc(Br)c1.[Cl-]. The van der Waals surface area contributed by atoms with Crippen molar-refractivity contribution in [1.29, 1.82) is 5.41 Å². The third-order valence-corrected chi connectivity index (χ3v) is 6.15. The number of nitrogens with zero attached hydrogens (tertiary/aromatic N) is 3. The molecule has 7 heteroatoms. The molecule has 0 amide bonds. The standard InChI is InChI=1S/C22H27BrN4O.ClH/c23-18-8-6-7-17(15-18)21(28)16-27-20-10-3-2-9-19(20)26(22(27)24)14-13-25-11-4-1-5-12-25;/h2-3,6-10,15,21,24,28H,1,4-5,11-14,16H2;1H/p-1. The highest BCUT2D eigenvalue weighted by atomic mass is 79.9. The quantitative estimate of drug-likeness (QED) is 0.553. The van der Waals surface area contributed by atoms with Crippen LogP contribution in [0.2, 0.25) is 0 Å². The van der Waals surface area contributed by atoms with Crippen LogP contribution in [0.1, 0.15) is 30.9 Å². The number of aliphatic hydroxyl groups is 1. The second kappa shape index (κ2) is 9.94. The molecule has 0 radical (unpaired) electrons. The lowest BCUT2D eigenvalue weighted by atomic mass is 10.1. The van der Waals surface area contributed by atoms with Crippen LogP contribution in [0.25, 0.3) is 11.0 Å². The van der Waals surface area contributed by atoms with Crippen LogP contribution >= 0.6 is 15.9 Å². The molecule has 4 rings (SSSR count). The summed E-state index contributed by atoms with van der Waals surface area (Å²) in [6.07, 6.45) is 3.23. The second-order valence-electron chi connectivity index (χ2n) is 7.55. The molecule has 29 heavy (non-hydrogen) atoms. The predicted molar refractivity (Wildman–Crippen MR) is 115 cm³/mol.